The van der Waals surface area contributed by atoms with E-state index in [1.807, 2.05) is 6.92 Å². The van der Waals surface area contributed by atoms with Crippen LogP contribution in [-0.2, 0) is 18.9 Å². The molecule has 118 valence electrons. The molecule has 2 saturated heterocycles. The summed E-state index contributed by atoms with van der Waals surface area (Å²) in [4.78, 5) is 0. The summed E-state index contributed by atoms with van der Waals surface area (Å²) >= 11 is 0. The second kappa shape index (κ2) is 6.68. The summed E-state index contributed by atoms with van der Waals surface area (Å²) in [6, 6.07) is 0. The van der Waals surface area contributed by atoms with Crippen LogP contribution in [-0.4, -0.2) is 60.4 Å². The molecule has 0 bridgehead atoms. The monoisotopic (exact) mass is 290 g/mol. The van der Waals surface area contributed by atoms with Crippen molar-refractivity contribution >= 4 is 0 Å². The third-order valence-electron chi connectivity index (χ3n) is 4.08. The maximum atomic E-state index is 9.43. The van der Waals surface area contributed by atoms with Gasteiger partial charge in [0.25, 0.3) is 0 Å². The summed E-state index contributed by atoms with van der Waals surface area (Å²) in [5, 5.41) is 18.3. The van der Waals surface area contributed by atoms with Crippen molar-refractivity contribution in [2.75, 3.05) is 26.4 Å². The predicted octanol–water partition coefficient (Wildman–Crippen LogP) is 0.795. The van der Waals surface area contributed by atoms with Gasteiger partial charge in [-0.3, -0.25) is 0 Å². The zero-order valence-electron chi connectivity index (χ0n) is 12.3. The van der Waals surface area contributed by atoms with E-state index in [-0.39, 0.29) is 19.5 Å². The second-order valence-electron chi connectivity index (χ2n) is 5.71. The standard InChI is InChI=1S/C14H26O6/c1-3-4-6-17-12-8-14(20-12,13(2)5-7-18-13)19-10-11(16)9-15/h11-12,15-16H,3-10H2,1-2H3. The quantitative estimate of drug-likeness (QED) is 0.612. The van der Waals surface area contributed by atoms with Crippen LogP contribution in [0.25, 0.3) is 0 Å². The Bertz CT molecular complexity index is 298. The highest BCUT2D eigenvalue weighted by atomic mass is 16.8. The van der Waals surface area contributed by atoms with E-state index in [4.69, 9.17) is 24.1 Å². The Hall–Kier alpha value is -0.240. The van der Waals surface area contributed by atoms with Crippen LogP contribution in [0.15, 0.2) is 0 Å². The SMILES string of the molecule is CCCCOC1CC(OCC(O)CO)(C2(C)CCO2)O1. The van der Waals surface area contributed by atoms with E-state index in [2.05, 4.69) is 6.92 Å². The molecule has 0 aromatic heterocycles. The minimum atomic E-state index is -0.904. The van der Waals surface area contributed by atoms with Gasteiger partial charge in [-0.25, -0.2) is 0 Å². The van der Waals surface area contributed by atoms with E-state index in [0.29, 0.717) is 19.6 Å². The first-order valence-electron chi connectivity index (χ1n) is 7.41. The first-order valence-corrected chi connectivity index (χ1v) is 7.41. The van der Waals surface area contributed by atoms with Gasteiger partial charge >= 0.3 is 0 Å². The van der Waals surface area contributed by atoms with Crippen LogP contribution in [0, 0.1) is 0 Å². The van der Waals surface area contributed by atoms with Gasteiger partial charge in [-0.15, -0.1) is 0 Å². The van der Waals surface area contributed by atoms with Gasteiger partial charge in [-0.2, -0.15) is 0 Å². The van der Waals surface area contributed by atoms with Crippen molar-refractivity contribution in [2.45, 2.75) is 63.3 Å². The fourth-order valence-corrected chi connectivity index (χ4v) is 2.45. The number of hydrogen-bond donors (Lipinski definition) is 2. The van der Waals surface area contributed by atoms with Crippen molar-refractivity contribution in [3.63, 3.8) is 0 Å². The van der Waals surface area contributed by atoms with Gasteiger partial charge in [-0.1, -0.05) is 13.3 Å². The Morgan fingerprint density at radius 2 is 2.15 bits per heavy atom. The Balaban J connectivity index is 1.85. The first kappa shape index (κ1) is 16.1. The zero-order valence-corrected chi connectivity index (χ0v) is 12.3. The minimum absolute atomic E-state index is 0.0249. The second-order valence-corrected chi connectivity index (χ2v) is 5.71. The molecule has 0 radical (unpaired) electrons. The molecule has 6 heteroatoms. The lowest BCUT2D eigenvalue weighted by Gasteiger charge is -2.59. The average molecular weight is 290 g/mol. The third-order valence-corrected chi connectivity index (χ3v) is 4.08. The highest BCUT2D eigenvalue weighted by molar-refractivity contribution is 5.03. The summed E-state index contributed by atoms with van der Waals surface area (Å²) in [5.74, 6) is -0.863. The van der Waals surface area contributed by atoms with Gasteiger partial charge < -0.3 is 29.2 Å². The summed E-state index contributed by atoms with van der Waals surface area (Å²) in [6.45, 7) is 5.12. The van der Waals surface area contributed by atoms with E-state index in [1.54, 1.807) is 0 Å². The number of aliphatic hydroxyl groups is 2. The van der Waals surface area contributed by atoms with Crippen LogP contribution >= 0.6 is 0 Å². The van der Waals surface area contributed by atoms with Crippen LogP contribution in [0.1, 0.15) is 39.5 Å². The third kappa shape index (κ3) is 3.16. The lowest BCUT2D eigenvalue weighted by molar-refractivity contribution is -0.468. The lowest BCUT2D eigenvalue weighted by atomic mass is 9.81. The van der Waals surface area contributed by atoms with Gasteiger partial charge in [0.05, 0.1) is 26.2 Å². The van der Waals surface area contributed by atoms with Gasteiger partial charge in [0.2, 0.25) is 5.79 Å². The predicted molar refractivity (Wildman–Crippen MR) is 71.1 cm³/mol. The largest absolute Gasteiger partial charge is 0.394 e. The lowest BCUT2D eigenvalue weighted by Crippen LogP contribution is -2.71. The Labute approximate surface area is 120 Å². The topological polar surface area (TPSA) is 77.4 Å². The van der Waals surface area contributed by atoms with E-state index >= 15 is 0 Å². The maximum Gasteiger partial charge on any atom is 0.205 e. The number of rotatable bonds is 9. The highest BCUT2D eigenvalue weighted by Gasteiger charge is 2.63. The summed E-state index contributed by atoms with van der Waals surface area (Å²) in [5.41, 5.74) is -0.493. The van der Waals surface area contributed by atoms with Crippen LogP contribution in [0.2, 0.25) is 0 Å². The Morgan fingerprint density at radius 1 is 1.45 bits per heavy atom. The molecule has 4 unspecified atom stereocenters. The van der Waals surface area contributed by atoms with Crippen LogP contribution in [0.5, 0.6) is 0 Å². The molecule has 0 aromatic carbocycles. The molecule has 4 atom stereocenters. The van der Waals surface area contributed by atoms with E-state index < -0.39 is 17.5 Å². The highest BCUT2D eigenvalue weighted by Crippen LogP contribution is 2.50. The summed E-state index contributed by atoms with van der Waals surface area (Å²) in [7, 11) is 0. The molecule has 0 saturated carbocycles. The molecule has 20 heavy (non-hydrogen) atoms. The van der Waals surface area contributed by atoms with Gasteiger partial charge in [-0.05, 0) is 13.3 Å². The molecular formula is C14H26O6. The Kier molecular flexibility index (Phi) is 5.39. The number of hydrogen-bond acceptors (Lipinski definition) is 6. The van der Waals surface area contributed by atoms with E-state index in [1.165, 1.54) is 0 Å². The molecule has 2 N–H and O–H groups in total. The molecule has 0 aliphatic carbocycles. The summed E-state index contributed by atoms with van der Waals surface area (Å²) in [6.07, 6.45) is 2.35. The zero-order chi connectivity index (χ0) is 14.6. The maximum absolute atomic E-state index is 9.43. The van der Waals surface area contributed by atoms with Crippen LogP contribution in [0.4, 0.5) is 0 Å². The van der Waals surface area contributed by atoms with Crippen molar-refractivity contribution in [2.24, 2.45) is 0 Å². The fraction of sp³-hybridized carbons (Fsp3) is 1.00. The summed E-state index contributed by atoms with van der Waals surface area (Å²) < 4.78 is 22.8. The van der Waals surface area contributed by atoms with E-state index in [9.17, 15) is 5.11 Å². The fourth-order valence-electron chi connectivity index (χ4n) is 2.45. The van der Waals surface area contributed by atoms with Crippen molar-refractivity contribution in [1.82, 2.24) is 0 Å². The van der Waals surface area contributed by atoms with Gasteiger partial charge in [0, 0.05) is 13.0 Å². The molecule has 0 amide bonds. The van der Waals surface area contributed by atoms with Crippen LogP contribution < -0.4 is 0 Å². The number of unbranched alkanes of at least 4 members (excludes halogenated alkanes) is 1. The normalized spacial score (nSPS) is 38.1. The van der Waals surface area contributed by atoms with E-state index in [0.717, 1.165) is 19.3 Å². The van der Waals surface area contributed by atoms with Crippen LogP contribution in [0.3, 0.4) is 0 Å². The number of aliphatic hydroxyl groups excluding tert-OH is 2. The van der Waals surface area contributed by atoms with Crippen molar-refractivity contribution in [3.8, 4) is 0 Å². The average Bonchev–Trinajstić information content (AvgIpc) is 2.37. The molecule has 2 fully saturated rings. The Morgan fingerprint density at radius 3 is 2.65 bits per heavy atom. The van der Waals surface area contributed by atoms with Gasteiger partial charge in [0.15, 0.2) is 6.29 Å². The molecule has 2 aliphatic rings. The molecule has 0 spiro atoms. The molecule has 0 aromatic rings. The molecular weight excluding hydrogens is 264 g/mol. The molecule has 2 heterocycles. The van der Waals surface area contributed by atoms with Gasteiger partial charge in [0.1, 0.15) is 11.7 Å². The van der Waals surface area contributed by atoms with Crippen molar-refractivity contribution in [1.29, 1.82) is 0 Å². The number of ether oxygens (including phenoxy) is 4. The molecule has 6 nitrogen and oxygen atoms in total. The molecule has 2 aliphatic heterocycles. The van der Waals surface area contributed by atoms with Crippen molar-refractivity contribution in [3.05, 3.63) is 0 Å². The first-order chi connectivity index (χ1) is 9.55. The van der Waals surface area contributed by atoms with Crippen molar-refractivity contribution < 1.29 is 29.2 Å². The molecule has 2 rings (SSSR count). The smallest absolute Gasteiger partial charge is 0.205 e. The minimum Gasteiger partial charge on any atom is -0.394 e.